The molecule has 3 heterocycles. The molecule has 0 unspecified atom stereocenters. The van der Waals surface area contributed by atoms with Crippen molar-refractivity contribution in [3.05, 3.63) is 51.5 Å². The van der Waals surface area contributed by atoms with Crippen LogP contribution in [-0.2, 0) is 0 Å². The topological polar surface area (TPSA) is 69.0 Å². The zero-order chi connectivity index (χ0) is 19.7. The Kier molecular flexibility index (Phi) is 5.38. The lowest BCUT2D eigenvalue weighted by molar-refractivity contribution is 0.0709. The summed E-state index contributed by atoms with van der Waals surface area (Å²) in [7, 11) is 3.17. The van der Waals surface area contributed by atoms with Crippen molar-refractivity contribution in [2.24, 2.45) is 0 Å². The Morgan fingerprint density at radius 2 is 1.82 bits per heavy atom. The largest absolute Gasteiger partial charge is 0.493 e. The van der Waals surface area contributed by atoms with Gasteiger partial charge >= 0.3 is 0 Å². The summed E-state index contributed by atoms with van der Waals surface area (Å²) in [6, 6.07) is 9.49. The van der Waals surface area contributed by atoms with Crippen molar-refractivity contribution in [3.63, 3.8) is 0 Å². The molecule has 0 N–H and O–H groups in total. The van der Waals surface area contributed by atoms with Gasteiger partial charge in [-0.05, 0) is 59.7 Å². The Morgan fingerprint density at radius 1 is 1.11 bits per heavy atom. The van der Waals surface area contributed by atoms with Crippen molar-refractivity contribution < 1.29 is 14.3 Å². The summed E-state index contributed by atoms with van der Waals surface area (Å²) in [4.78, 5) is 15.0. The summed E-state index contributed by atoms with van der Waals surface area (Å²) in [6.07, 6.45) is 3.73. The Morgan fingerprint density at radius 3 is 2.54 bits per heavy atom. The lowest BCUT2D eigenvalue weighted by Gasteiger charge is -2.31. The fourth-order valence-electron chi connectivity index (χ4n) is 3.67. The minimum absolute atomic E-state index is 0.0231. The van der Waals surface area contributed by atoms with E-state index in [0.717, 1.165) is 27.9 Å². The van der Waals surface area contributed by atoms with E-state index < -0.39 is 0 Å². The average Bonchev–Trinajstić information content (AvgIpc) is 3.17. The molecule has 0 atom stereocenters. The van der Waals surface area contributed by atoms with Gasteiger partial charge < -0.3 is 14.4 Å². The number of likely N-dealkylation sites (tertiary alicyclic amines) is 1. The molecular weight excluding hydrogens is 471 g/mol. The van der Waals surface area contributed by atoms with E-state index in [4.69, 9.17) is 9.47 Å². The van der Waals surface area contributed by atoms with Crippen molar-refractivity contribution in [1.82, 2.24) is 19.5 Å². The Bertz CT molecular complexity index is 1010. The Labute approximate surface area is 176 Å². The van der Waals surface area contributed by atoms with Crippen LogP contribution in [0.3, 0.4) is 0 Å². The number of pyridine rings is 1. The first-order valence-corrected chi connectivity index (χ1v) is 10.2. The van der Waals surface area contributed by atoms with Gasteiger partial charge in [-0.3, -0.25) is 9.20 Å². The van der Waals surface area contributed by atoms with Crippen LogP contribution in [-0.4, -0.2) is 52.7 Å². The fraction of sp³-hybridized carbons (Fsp3) is 0.350. The molecule has 1 aromatic carbocycles. The molecule has 0 radical (unpaired) electrons. The molecule has 1 amide bonds. The summed E-state index contributed by atoms with van der Waals surface area (Å²) < 4.78 is 13.6. The maximum atomic E-state index is 13.1. The van der Waals surface area contributed by atoms with Crippen LogP contribution in [0.4, 0.5) is 0 Å². The molecule has 2 aromatic heterocycles. The number of nitrogens with zero attached hydrogens (tertiary/aromatic N) is 4. The number of hydrogen-bond acceptors (Lipinski definition) is 5. The predicted molar refractivity (Wildman–Crippen MR) is 113 cm³/mol. The van der Waals surface area contributed by atoms with E-state index in [1.54, 1.807) is 20.3 Å². The number of ether oxygens (including phenoxy) is 2. The van der Waals surface area contributed by atoms with E-state index >= 15 is 0 Å². The number of amides is 1. The van der Waals surface area contributed by atoms with Gasteiger partial charge in [0.1, 0.15) is 5.82 Å². The van der Waals surface area contributed by atoms with E-state index in [9.17, 15) is 4.79 Å². The molecule has 0 saturated carbocycles. The highest BCUT2D eigenvalue weighted by molar-refractivity contribution is 14.1. The molecule has 4 rings (SSSR count). The van der Waals surface area contributed by atoms with E-state index in [1.807, 2.05) is 39.8 Å². The minimum Gasteiger partial charge on any atom is -0.493 e. The number of carbonyl (C=O) groups is 1. The Balaban J connectivity index is 1.50. The number of benzene rings is 1. The molecule has 1 fully saturated rings. The molecule has 1 aliphatic rings. The maximum absolute atomic E-state index is 13.1. The molecular formula is C20H21IN4O3. The third kappa shape index (κ3) is 3.41. The van der Waals surface area contributed by atoms with Gasteiger partial charge in [-0.25, -0.2) is 0 Å². The molecule has 7 nitrogen and oxygen atoms in total. The van der Waals surface area contributed by atoms with Gasteiger partial charge in [0, 0.05) is 28.8 Å². The summed E-state index contributed by atoms with van der Waals surface area (Å²) in [5.74, 6) is 2.49. The fourth-order valence-corrected chi connectivity index (χ4v) is 4.34. The number of methoxy groups -OCH3 is 2. The third-order valence-electron chi connectivity index (χ3n) is 5.19. The number of aromatic nitrogens is 3. The van der Waals surface area contributed by atoms with Crippen LogP contribution in [0.25, 0.3) is 5.65 Å². The quantitative estimate of drug-likeness (QED) is 0.523. The van der Waals surface area contributed by atoms with Crippen LogP contribution >= 0.6 is 22.6 Å². The number of piperidine rings is 1. The van der Waals surface area contributed by atoms with E-state index in [2.05, 4.69) is 32.8 Å². The van der Waals surface area contributed by atoms with Crippen LogP contribution in [0, 0.1) is 3.57 Å². The average molecular weight is 492 g/mol. The maximum Gasteiger partial charge on any atom is 0.255 e. The first-order valence-electron chi connectivity index (χ1n) is 9.13. The second-order valence-electron chi connectivity index (χ2n) is 6.74. The van der Waals surface area contributed by atoms with Crippen LogP contribution in [0.1, 0.15) is 34.9 Å². The zero-order valence-corrected chi connectivity index (χ0v) is 17.9. The minimum atomic E-state index is 0.0231. The molecule has 146 valence electrons. The molecule has 8 heteroatoms. The molecule has 0 spiro atoms. The number of rotatable bonds is 4. The van der Waals surface area contributed by atoms with E-state index in [0.29, 0.717) is 36.1 Å². The van der Waals surface area contributed by atoms with Crippen molar-refractivity contribution in [3.8, 4) is 11.5 Å². The van der Waals surface area contributed by atoms with E-state index in [-0.39, 0.29) is 5.91 Å². The number of hydrogen-bond donors (Lipinski definition) is 0. The van der Waals surface area contributed by atoms with Crippen molar-refractivity contribution in [2.45, 2.75) is 18.8 Å². The second kappa shape index (κ2) is 7.94. The van der Waals surface area contributed by atoms with Crippen molar-refractivity contribution in [2.75, 3.05) is 27.3 Å². The van der Waals surface area contributed by atoms with Crippen LogP contribution in [0.2, 0.25) is 0 Å². The molecule has 1 aliphatic heterocycles. The van der Waals surface area contributed by atoms with Crippen LogP contribution in [0.15, 0.2) is 36.5 Å². The molecule has 0 aliphatic carbocycles. The van der Waals surface area contributed by atoms with Gasteiger partial charge in [0.05, 0.1) is 19.8 Å². The van der Waals surface area contributed by atoms with Gasteiger partial charge in [0.25, 0.3) is 5.91 Å². The highest BCUT2D eigenvalue weighted by Gasteiger charge is 2.28. The first kappa shape index (κ1) is 19.0. The molecule has 1 saturated heterocycles. The number of carbonyl (C=O) groups excluding carboxylic acids is 1. The summed E-state index contributed by atoms with van der Waals surface area (Å²) in [5, 5.41) is 8.63. The second-order valence-corrected chi connectivity index (χ2v) is 7.90. The Hall–Kier alpha value is -2.36. The van der Waals surface area contributed by atoms with Crippen LogP contribution < -0.4 is 9.47 Å². The normalized spacial score (nSPS) is 15.0. The van der Waals surface area contributed by atoms with Gasteiger partial charge in [-0.1, -0.05) is 6.07 Å². The molecule has 0 bridgehead atoms. The highest BCUT2D eigenvalue weighted by atomic mass is 127. The number of fused-ring (bicyclic) bond motifs is 1. The smallest absolute Gasteiger partial charge is 0.255 e. The highest BCUT2D eigenvalue weighted by Crippen LogP contribution is 2.33. The number of halogens is 1. The SMILES string of the molecule is COc1cc(I)c(C(=O)N2CCC(c3nnc4ccccn34)CC2)cc1OC. The predicted octanol–water partition coefficient (Wildman–Crippen LogP) is 3.37. The molecule has 3 aromatic rings. The summed E-state index contributed by atoms with van der Waals surface area (Å²) in [6.45, 7) is 1.38. The zero-order valence-electron chi connectivity index (χ0n) is 15.8. The van der Waals surface area contributed by atoms with Crippen molar-refractivity contribution in [1.29, 1.82) is 0 Å². The van der Waals surface area contributed by atoms with Crippen molar-refractivity contribution >= 4 is 34.1 Å². The monoisotopic (exact) mass is 492 g/mol. The molecule has 28 heavy (non-hydrogen) atoms. The lowest BCUT2D eigenvalue weighted by Crippen LogP contribution is -2.38. The lowest BCUT2D eigenvalue weighted by atomic mass is 9.95. The van der Waals surface area contributed by atoms with Gasteiger partial charge in [-0.2, -0.15) is 0 Å². The first-order chi connectivity index (χ1) is 13.6. The van der Waals surface area contributed by atoms with Gasteiger partial charge in [0.15, 0.2) is 17.1 Å². The van der Waals surface area contributed by atoms with Gasteiger partial charge in [-0.15, -0.1) is 10.2 Å². The van der Waals surface area contributed by atoms with E-state index in [1.165, 1.54) is 0 Å². The third-order valence-corrected chi connectivity index (χ3v) is 6.08. The standard InChI is InChI=1S/C20H21IN4O3/c1-27-16-11-14(15(21)12-17(16)28-2)20(26)24-9-6-13(7-10-24)19-23-22-18-5-3-4-8-25(18)19/h3-5,8,11-13H,6-7,9-10H2,1-2H3. The summed E-state index contributed by atoms with van der Waals surface area (Å²) in [5.41, 5.74) is 1.50. The van der Waals surface area contributed by atoms with Crippen LogP contribution in [0.5, 0.6) is 11.5 Å². The van der Waals surface area contributed by atoms with Gasteiger partial charge in [0.2, 0.25) is 0 Å². The summed E-state index contributed by atoms with van der Waals surface area (Å²) >= 11 is 2.17.